The number of carbonyl (C=O) groups excluding carboxylic acids is 2. The minimum atomic E-state index is -0.626. The zero-order valence-electron chi connectivity index (χ0n) is 18.3. The predicted molar refractivity (Wildman–Crippen MR) is 115 cm³/mol. The topological polar surface area (TPSA) is 67.4 Å². The lowest BCUT2D eigenvalue weighted by atomic mass is 9.65. The fourth-order valence-corrected chi connectivity index (χ4v) is 5.01. The molecule has 3 aliphatic rings. The first kappa shape index (κ1) is 21.4. The van der Waals surface area contributed by atoms with Gasteiger partial charge in [-0.05, 0) is 42.4 Å². The van der Waals surface area contributed by atoms with Gasteiger partial charge in [0.25, 0.3) is 0 Å². The molecule has 0 saturated carbocycles. The molecular formula is C24H34N2O3. The van der Waals surface area contributed by atoms with Crippen LogP contribution in [0.15, 0.2) is 47.3 Å². The highest BCUT2D eigenvalue weighted by molar-refractivity contribution is 5.90. The Balaban J connectivity index is 1.95. The molecule has 1 aliphatic carbocycles. The summed E-state index contributed by atoms with van der Waals surface area (Å²) in [4.78, 5) is 26.0. The van der Waals surface area contributed by atoms with Crippen molar-refractivity contribution in [3.05, 3.63) is 47.3 Å². The standard InChI is InChI=1S/C24H34N2O3/c1-6-29-22(28)19-14-24-17(10-11-25-19)8-7-9-21(24)26-15-18(24)20(27)12-16(2)13-23(3,4)5/h7-10,14,16,18,25-26H,6,11-13,15H2,1-5H3. The van der Waals surface area contributed by atoms with Gasteiger partial charge in [0.1, 0.15) is 11.5 Å². The molecule has 2 aliphatic heterocycles. The van der Waals surface area contributed by atoms with E-state index in [2.05, 4.69) is 50.5 Å². The van der Waals surface area contributed by atoms with Crippen molar-refractivity contribution in [3.63, 3.8) is 0 Å². The van der Waals surface area contributed by atoms with Gasteiger partial charge in [0.2, 0.25) is 0 Å². The number of allylic oxidation sites excluding steroid dienone is 4. The second-order valence-electron chi connectivity index (χ2n) is 9.60. The second-order valence-corrected chi connectivity index (χ2v) is 9.60. The molecule has 2 N–H and O–H groups in total. The fourth-order valence-electron chi connectivity index (χ4n) is 5.01. The minimum absolute atomic E-state index is 0.193. The molecule has 0 aromatic rings. The number of nitrogens with one attached hydrogen (secondary N) is 2. The van der Waals surface area contributed by atoms with Crippen LogP contribution < -0.4 is 10.6 Å². The molecule has 0 bridgehead atoms. The predicted octanol–water partition coefficient (Wildman–Crippen LogP) is 3.65. The molecule has 1 fully saturated rings. The third-order valence-electron chi connectivity index (χ3n) is 5.89. The summed E-state index contributed by atoms with van der Waals surface area (Å²) in [6, 6.07) is 0. The Morgan fingerprint density at radius 3 is 2.76 bits per heavy atom. The number of rotatable bonds is 6. The van der Waals surface area contributed by atoms with Crippen molar-refractivity contribution in [2.45, 2.75) is 47.5 Å². The number of ketones is 1. The fraction of sp³-hybridized carbons (Fsp3) is 0.583. The summed E-state index contributed by atoms with van der Waals surface area (Å²) in [6.07, 6.45) is 11.6. The van der Waals surface area contributed by atoms with Gasteiger partial charge >= 0.3 is 5.97 Å². The Labute approximate surface area is 174 Å². The van der Waals surface area contributed by atoms with E-state index in [4.69, 9.17) is 4.74 Å². The summed E-state index contributed by atoms with van der Waals surface area (Å²) >= 11 is 0. The molecule has 0 radical (unpaired) electrons. The number of hydrogen-bond donors (Lipinski definition) is 2. The van der Waals surface area contributed by atoms with Crippen LogP contribution in [-0.4, -0.2) is 31.4 Å². The van der Waals surface area contributed by atoms with Crippen LogP contribution >= 0.6 is 0 Å². The maximum Gasteiger partial charge on any atom is 0.354 e. The smallest absolute Gasteiger partial charge is 0.354 e. The number of hydrogen-bond acceptors (Lipinski definition) is 5. The first-order chi connectivity index (χ1) is 13.7. The van der Waals surface area contributed by atoms with Crippen molar-refractivity contribution in [1.82, 2.24) is 10.6 Å². The van der Waals surface area contributed by atoms with Gasteiger partial charge in [-0.1, -0.05) is 45.9 Å². The zero-order valence-corrected chi connectivity index (χ0v) is 18.3. The largest absolute Gasteiger partial charge is 0.461 e. The van der Waals surface area contributed by atoms with E-state index in [9.17, 15) is 9.59 Å². The lowest BCUT2D eigenvalue weighted by Gasteiger charge is -2.35. The van der Waals surface area contributed by atoms with Crippen LogP contribution in [0.4, 0.5) is 0 Å². The van der Waals surface area contributed by atoms with E-state index < -0.39 is 5.41 Å². The maximum atomic E-state index is 13.5. The molecule has 5 nitrogen and oxygen atoms in total. The summed E-state index contributed by atoms with van der Waals surface area (Å²) in [6.45, 7) is 12.0. The van der Waals surface area contributed by atoms with Crippen molar-refractivity contribution in [3.8, 4) is 0 Å². The molecular weight excluding hydrogens is 364 g/mol. The second kappa shape index (κ2) is 8.21. The van der Waals surface area contributed by atoms with E-state index in [0.29, 0.717) is 37.7 Å². The Kier molecular flexibility index (Phi) is 6.06. The van der Waals surface area contributed by atoms with Gasteiger partial charge in [0, 0.05) is 25.2 Å². The lowest BCUT2D eigenvalue weighted by molar-refractivity contribution is -0.139. The van der Waals surface area contributed by atoms with Gasteiger partial charge in [-0.3, -0.25) is 4.79 Å². The first-order valence-electron chi connectivity index (χ1n) is 10.7. The van der Waals surface area contributed by atoms with Gasteiger partial charge in [-0.2, -0.15) is 0 Å². The molecule has 3 unspecified atom stereocenters. The molecule has 5 heteroatoms. The molecule has 0 aromatic heterocycles. The van der Waals surface area contributed by atoms with Gasteiger partial charge in [0.05, 0.1) is 17.9 Å². The SMILES string of the molecule is CCOC(=O)C1=CC23C(=CCN1)C=CC=C2NCC3C(=O)CC(C)CC(C)(C)C. The zero-order chi connectivity index (χ0) is 21.2. The molecule has 3 atom stereocenters. The summed E-state index contributed by atoms with van der Waals surface area (Å²) in [5.41, 5.74) is 2.05. The van der Waals surface area contributed by atoms with E-state index in [1.807, 2.05) is 18.2 Å². The normalized spacial score (nSPS) is 26.5. The van der Waals surface area contributed by atoms with Crippen LogP contribution in [-0.2, 0) is 14.3 Å². The van der Waals surface area contributed by atoms with E-state index in [0.717, 1.165) is 17.7 Å². The Morgan fingerprint density at radius 1 is 1.31 bits per heavy atom. The molecule has 1 spiro atoms. The molecule has 29 heavy (non-hydrogen) atoms. The minimum Gasteiger partial charge on any atom is -0.461 e. The van der Waals surface area contributed by atoms with Crippen LogP contribution in [0, 0.1) is 22.7 Å². The van der Waals surface area contributed by atoms with Crippen LogP contribution in [0.25, 0.3) is 0 Å². The lowest BCUT2D eigenvalue weighted by Crippen LogP contribution is -2.36. The molecule has 1 saturated heterocycles. The van der Waals surface area contributed by atoms with Gasteiger partial charge in [0.15, 0.2) is 0 Å². The van der Waals surface area contributed by atoms with Crippen molar-refractivity contribution in [2.75, 3.05) is 19.7 Å². The van der Waals surface area contributed by atoms with Crippen molar-refractivity contribution in [2.24, 2.45) is 22.7 Å². The summed E-state index contributed by atoms with van der Waals surface area (Å²) in [5, 5.41) is 6.62. The third kappa shape index (κ3) is 4.34. The van der Waals surface area contributed by atoms with Gasteiger partial charge in [-0.25, -0.2) is 4.79 Å². The van der Waals surface area contributed by atoms with Crippen LogP contribution in [0.1, 0.15) is 47.5 Å². The van der Waals surface area contributed by atoms with E-state index >= 15 is 0 Å². The maximum absolute atomic E-state index is 13.5. The third-order valence-corrected chi connectivity index (χ3v) is 5.89. The molecule has 0 aromatic carbocycles. The highest BCUT2D eigenvalue weighted by Crippen LogP contribution is 2.51. The van der Waals surface area contributed by atoms with E-state index in [-0.39, 0.29) is 23.1 Å². The van der Waals surface area contributed by atoms with E-state index in [1.165, 1.54) is 0 Å². The summed E-state index contributed by atoms with van der Waals surface area (Å²) in [7, 11) is 0. The molecule has 3 rings (SSSR count). The monoisotopic (exact) mass is 398 g/mol. The molecule has 0 amide bonds. The van der Waals surface area contributed by atoms with Crippen LogP contribution in [0.3, 0.4) is 0 Å². The van der Waals surface area contributed by atoms with Crippen LogP contribution in [0.5, 0.6) is 0 Å². The average molecular weight is 399 g/mol. The highest BCUT2D eigenvalue weighted by atomic mass is 16.5. The van der Waals surface area contributed by atoms with Crippen molar-refractivity contribution in [1.29, 1.82) is 0 Å². The summed E-state index contributed by atoms with van der Waals surface area (Å²) in [5.74, 6) is -0.0440. The first-order valence-corrected chi connectivity index (χ1v) is 10.7. The number of carbonyl (C=O) groups is 2. The van der Waals surface area contributed by atoms with Crippen LogP contribution in [0.2, 0.25) is 0 Å². The Morgan fingerprint density at radius 2 is 2.07 bits per heavy atom. The molecule has 158 valence electrons. The Bertz CT molecular complexity index is 797. The van der Waals surface area contributed by atoms with E-state index in [1.54, 1.807) is 6.92 Å². The molecule has 2 heterocycles. The number of esters is 1. The van der Waals surface area contributed by atoms with Crippen molar-refractivity contribution < 1.29 is 14.3 Å². The summed E-state index contributed by atoms with van der Waals surface area (Å²) < 4.78 is 5.24. The Hall–Kier alpha value is -2.30. The number of ether oxygens (including phenoxy) is 1. The quantitative estimate of drug-likeness (QED) is 0.669. The van der Waals surface area contributed by atoms with Gasteiger partial charge < -0.3 is 15.4 Å². The van der Waals surface area contributed by atoms with Gasteiger partial charge in [-0.15, -0.1) is 0 Å². The highest BCUT2D eigenvalue weighted by Gasteiger charge is 2.52. The number of Topliss-reactive ketones (excluding diaryl/α,β-unsaturated/α-hetero) is 1. The average Bonchev–Trinajstić information content (AvgIpc) is 2.87. The van der Waals surface area contributed by atoms with Crippen molar-refractivity contribution >= 4 is 11.8 Å².